The second-order valence-electron chi connectivity index (χ2n) is 2.26. The lowest BCUT2D eigenvalue weighted by atomic mass is 10.7. The second kappa shape index (κ2) is 11.9. The molecule has 0 heterocycles. The molecule has 84 valence electrons. The molecule has 5 nitrogen and oxygen atoms in total. The molecule has 0 aliphatic heterocycles. The van der Waals surface area contributed by atoms with E-state index in [0.29, 0.717) is 19.8 Å². The van der Waals surface area contributed by atoms with E-state index in [9.17, 15) is 9.59 Å². The lowest BCUT2D eigenvalue weighted by Gasteiger charge is -1.97. The second-order valence-corrected chi connectivity index (χ2v) is 2.26. The summed E-state index contributed by atoms with van der Waals surface area (Å²) in [7, 11) is 1.56. The number of carbonyl (C=O) groups is 2. The number of hydrogen-bond acceptors (Lipinski definition) is 5. The SMILES string of the molecule is CCOC(C)=O.COCCOC(C)=O. The molecule has 0 amide bonds. The Morgan fingerprint density at radius 2 is 1.50 bits per heavy atom. The third kappa shape index (κ3) is 22.4. The maximum absolute atomic E-state index is 10.0. The predicted molar refractivity (Wildman–Crippen MR) is 50.8 cm³/mol. The van der Waals surface area contributed by atoms with Gasteiger partial charge in [0.15, 0.2) is 0 Å². The van der Waals surface area contributed by atoms with E-state index in [-0.39, 0.29) is 11.9 Å². The Balaban J connectivity index is 0. The Bertz CT molecular complexity index is 155. The zero-order valence-electron chi connectivity index (χ0n) is 9.16. The zero-order valence-corrected chi connectivity index (χ0v) is 9.16. The molecule has 0 aromatic carbocycles. The van der Waals surface area contributed by atoms with Crippen molar-refractivity contribution in [2.75, 3.05) is 26.9 Å². The monoisotopic (exact) mass is 206 g/mol. The van der Waals surface area contributed by atoms with E-state index in [2.05, 4.69) is 14.2 Å². The summed E-state index contributed by atoms with van der Waals surface area (Å²) in [5.41, 5.74) is 0. The molecule has 0 spiro atoms. The quantitative estimate of drug-likeness (QED) is 0.502. The zero-order chi connectivity index (χ0) is 11.4. The first-order valence-electron chi connectivity index (χ1n) is 4.30. The molecule has 0 unspecified atom stereocenters. The van der Waals surface area contributed by atoms with E-state index in [1.54, 1.807) is 14.0 Å². The lowest BCUT2D eigenvalue weighted by Crippen LogP contribution is -2.05. The van der Waals surface area contributed by atoms with Crippen LogP contribution in [-0.2, 0) is 23.8 Å². The molecule has 0 aliphatic carbocycles. The summed E-state index contributed by atoms with van der Waals surface area (Å²) in [4.78, 5) is 19.9. The van der Waals surface area contributed by atoms with E-state index in [1.807, 2.05) is 0 Å². The maximum atomic E-state index is 10.0. The summed E-state index contributed by atoms with van der Waals surface area (Å²) < 4.78 is 13.5. The minimum absolute atomic E-state index is 0.211. The van der Waals surface area contributed by atoms with Gasteiger partial charge in [-0.15, -0.1) is 0 Å². The van der Waals surface area contributed by atoms with Crippen molar-refractivity contribution in [1.29, 1.82) is 0 Å². The number of esters is 2. The number of ether oxygens (including phenoxy) is 3. The van der Waals surface area contributed by atoms with Crippen molar-refractivity contribution in [3.63, 3.8) is 0 Å². The van der Waals surface area contributed by atoms with Crippen LogP contribution in [0.1, 0.15) is 20.8 Å². The summed E-state index contributed by atoms with van der Waals surface area (Å²) in [5.74, 6) is -0.473. The van der Waals surface area contributed by atoms with Crippen molar-refractivity contribution in [3.8, 4) is 0 Å². The number of hydrogen-bond donors (Lipinski definition) is 0. The van der Waals surface area contributed by atoms with Crippen molar-refractivity contribution >= 4 is 11.9 Å². The Morgan fingerprint density at radius 3 is 1.71 bits per heavy atom. The highest BCUT2D eigenvalue weighted by molar-refractivity contribution is 5.66. The van der Waals surface area contributed by atoms with Crippen LogP contribution in [0.3, 0.4) is 0 Å². The van der Waals surface area contributed by atoms with Gasteiger partial charge < -0.3 is 14.2 Å². The fourth-order valence-electron chi connectivity index (χ4n) is 0.472. The summed E-state index contributed by atoms with van der Waals surface area (Å²) >= 11 is 0. The largest absolute Gasteiger partial charge is 0.466 e. The molecule has 0 radical (unpaired) electrons. The van der Waals surface area contributed by atoms with Gasteiger partial charge in [-0.25, -0.2) is 0 Å². The minimum Gasteiger partial charge on any atom is -0.466 e. The van der Waals surface area contributed by atoms with Crippen LogP contribution >= 0.6 is 0 Å². The van der Waals surface area contributed by atoms with E-state index in [1.165, 1.54) is 13.8 Å². The van der Waals surface area contributed by atoms with Crippen LogP contribution in [0.5, 0.6) is 0 Å². The normalized spacial score (nSPS) is 8.29. The van der Waals surface area contributed by atoms with Gasteiger partial charge in [-0.2, -0.15) is 0 Å². The molecule has 0 aliphatic rings. The first-order chi connectivity index (χ1) is 6.54. The molecular formula is C9H18O5. The van der Waals surface area contributed by atoms with Gasteiger partial charge in [-0.3, -0.25) is 9.59 Å². The van der Waals surface area contributed by atoms with Gasteiger partial charge in [0, 0.05) is 21.0 Å². The highest BCUT2D eigenvalue weighted by Gasteiger charge is 1.88. The molecular weight excluding hydrogens is 188 g/mol. The summed E-state index contributed by atoms with van der Waals surface area (Å²) in [6.07, 6.45) is 0. The Labute approximate surface area is 84.3 Å². The highest BCUT2D eigenvalue weighted by Crippen LogP contribution is 1.74. The van der Waals surface area contributed by atoms with Crippen LogP contribution < -0.4 is 0 Å². The average molecular weight is 206 g/mol. The maximum Gasteiger partial charge on any atom is 0.302 e. The van der Waals surface area contributed by atoms with Crippen LogP contribution in [0, 0.1) is 0 Å². The van der Waals surface area contributed by atoms with E-state index < -0.39 is 0 Å². The number of carbonyl (C=O) groups excluding carboxylic acids is 2. The Morgan fingerprint density at radius 1 is 1.00 bits per heavy atom. The molecule has 0 saturated heterocycles. The molecule has 0 rings (SSSR count). The van der Waals surface area contributed by atoms with Gasteiger partial charge in [0.05, 0.1) is 13.2 Å². The molecule has 0 N–H and O–H groups in total. The van der Waals surface area contributed by atoms with Crippen molar-refractivity contribution in [2.45, 2.75) is 20.8 Å². The first-order valence-corrected chi connectivity index (χ1v) is 4.30. The highest BCUT2D eigenvalue weighted by atomic mass is 16.6. The molecule has 0 aromatic rings. The topological polar surface area (TPSA) is 61.8 Å². The van der Waals surface area contributed by atoms with Crippen molar-refractivity contribution < 1.29 is 23.8 Å². The molecule has 0 aromatic heterocycles. The van der Waals surface area contributed by atoms with E-state index >= 15 is 0 Å². The van der Waals surface area contributed by atoms with E-state index in [4.69, 9.17) is 0 Å². The van der Waals surface area contributed by atoms with Crippen LogP contribution in [0.2, 0.25) is 0 Å². The lowest BCUT2D eigenvalue weighted by molar-refractivity contribution is -0.142. The molecule has 0 saturated carbocycles. The third-order valence-electron chi connectivity index (χ3n) is 0.940. The fraction of sp³-hybridized carbons (Fsp3) is 0.778. The number of rotatable bonds is 4. The average Bonchev–Trinajstić information content (AvgIpc) is 2.05. The van der Waals surface area contributed by atoms with Gasteiger partial charge in [0.1, 0.15) is 6.61 Å². The van der Waals surface area contributed by atoms with Gasteiger partial charge in [-0.05, 0) is 6.92 Å². The summed E-state index contributed by atoms with van der Waals surface area (Å²) in [6, 6.07) is 0. The smallest absolute Gasteiger partial charge is 0.302 e. The van der Waals surface area contributed by atoms with Gasteiger partial charge >= 0.3 is 11.9 Å². The summed E-state index contributed by atoms with van der Waals surface area (Å²) in [5, 5.41) is 0. The minimum atomic E-state index is -0.262. The molecule has 0 fully saturated rings. The van der Waals surface area contributed by atoms with Crippen molar-refractivity contribution in [3.05, 3.63) is 0 Å². The molecule has 5 heteroatoms. The standard InChI is InChI=1S/C5H10O3.C4H8O2/c1-5(6)8-4-3-7-2;1-3-6-4(2)5/h3-4H2,1-2H3;3H2,1-2H3. The van der Waals surface area contributed by atoms with Crippen molar-refractivity contribution in [1.82, 2.24) is 0 Å². The Hall–Kier alpha value is -1.10. The predicted octanol–water partition coefficient (Wildman–Crippen LogP) is 0.765. The van der Waals surface area contributed by atoms with Crippen LogP contribution in [0.25, 0.3) is 0 Å². The van der Waals surface area contributed by atoms with Crippen LogP contribution in [0.4, 0.5) is 0 Å². The Kier molecular flexibility index (Phi) is 13.1. The molecule has 0 bridgehead atoms. The van der Waals surface area contributed by atoms with Gasteiger partial charge in [0.25, 0.3) is 0 Å². The number of methoxy groups -OCH3 is 1. The van der Waals surface area contributed by atoms with Crippen LogP contribution in [-0.4, -0.2) is 38.9 Å². The van der Waals surface area contributed by atoms with Crippen molar-refractivity contribution in [2.24, 2.45) is 0 Å². The molecule has 14 heavy (non-hydrogen) atoms. The van der Waals surface area contributed by atoms with E-state index in [0.717, 1.165) is 0 Å². The first kappa shape index (κ1) is 15.4. The van der Waals surface area contributed by atoms with Gasteiger partial charge in [-0.1, -0.05) is 0 Å². The van der Waals surface area contributed by atoms with Gasteiger partial charge in [0.2, 0.25) is 0 Å². The summed E-state index contributed by atoms with van der Waals surface area (Å²) in [6.45, 7) is 5.85. The third-order valence-corrected chi connectivity index (χ3v) is 0.940. The fourth-order valence-corrected chi connectivity index (χ4v) is 0.472. The molecule has 0 atom stereocenters. The van der Waals surface area contributed by atoms with Crippen LogP contribution in [0.15, 0.2) is 0 Å².